The molecule has 1 atom stereocenters. The van der Waals surface area contributed by atoms with E-state index < -0.39 is 0 Å². The molecule has 6 heteroatoms. The smallest absolute Gasteiger partial charge is 0.226 e. The van der Waals surface area contributed by atoms with E-state index >= 15 is 0 Å². The van der Waals surface area contributed by atoms with Gasteiger partial charge < -0.3 is 9.73 Å². The predicted octanol–water partition coefficient (Wildman–Crippen LogP) is 4.96. The summed E-state index contributed by atoms with van der Waals surface area (Å²) in [4.78, 5) is 12.2. The first-order valence-corrected chi connectivity index (χ1v) is 9.05. The highest BCUT2D eigenvalue weighted by molar-refractivity contribution is 9.10. The normalized spacial score (nSPS) is 16.8. The van der Waals surface area contributed by atoms with Gasteiger partial charge in [-0.3, -0.25) is 4.79 Å². The van der Waals surface area contributed by atoms with Crippen LogP contribution < -0.4 is 5.32 Å². The lowest BCUT2D eigenvalue weighted by Crippen LogP contribution is -2.25. The number of rotatable bonds is 3. The van der Waals surface area contributed by atoms with Crippen molar-refractivity contribution in [3.63, 3.8) is 0 Å². The molecule has 0 fully saturated rings. The number of amides is 1. The van der Waals surface area contributed by atoms with Gasteiger partial charge in [0.1, 0.15) is 17.3 Å². The summed E-state index contributed by atoms with van der Waals surface area (Å²) >= 11 is 3.44. The molecule has 1 aromatic carbocycles. The molecule has 3 heterocycles. The third-order valence-electron chi connectivity index (χ3n) is 4.43. The number of aromatic nitrogens is 2. The highest BCUT2D eigenvalue weighted by atomic mass is 79.9. The molecule has 2 aromatic heterocycles. The Morgan fingerprint density at radius 2 is 2.00 bits per heavy atom. The summed E-state index contributed by atoms with van der Waals surface area (Å²) in [6, 6.07) is 12.1. The Labute approximate surface area is 154 Å². The number of carbonyl (C=O) groups is 1. The zero-order chi connectivity index (χ0) is 17.6. The number of halogens is 1. The van der Waals surface area contributed by atoms with Crippen LogP contribution in [0.15, 0.2) is 51.5 Å². The van der Waals surface area contributed by atoms with Gasteiger partial charge in [-0.2, -0.15) is 5.10 Å². The number of hydrogen-bond donors (Lipinski definition) is 1. The van der Waals surface area contributed by atoms with Gasteiger partial charge in [0.2, 0.25) is 5.91 Å². The maximum atomic E-state index is 12.2. The number of carbonyl (C=O) groups excluding carboxylic acids is 1. The van der Waals surface area contributed by atoms with Crippen molar-refractivity contribution in [3.8, 4) is 11.3 Å². The van der Waals surface area contributed by atoms with E-state index in [1.807, 2.05) is 61.1 Å². The number of furan rings is 1. The Bertz CT molecular complexity index is 925. The van der Waals surface area contributed by atoms with E-state index in [9.17, 15) is 4.79 Å². The first kappa shape index (κ1) is 16.1. The quantitative estimate of drug-likeness (QED) is 0.676. The van der Waals surface area contributed by atoms with Gasteiger partial charge in [-0.25, -0.2) is 4.68 Å². The van der Waals surface area contributed by atoms with Gasteiger partial charge in [0, 0.05) is 28.1 Å². The molecule has 0 radical (unpaired) electrons. The fourth-order valence-corrected chi connectivity index (χ4v) is 3.46. The van der Waals surface area contributed by atoms with E-state index in [1.54, 1.807) is 0 Å². The number of fused-ring (bicyclic) bond motifs is 1. The van der Waals surface area contributed by atoms with Gasteiger partial charge in [0.25, 0.3) is 0 Å². The van der Waals surface area contributed by atoms with Gasteiger partial charge in [-0.15, -0.1) is 0 Å². The van der Waals surface area contributed by atoms with Gasteiger partial charge in [-0.05, 0) is 38.1 Å². The molecule has 5 nitrogen and oxygen atoms in total. The third kappa shape index (κ3) is 2.91. The standard InChI is InChI=1S/C19H18BrN3O2/c1-11(2)23-19-15(10-21-23)14(9-18(24)22-19)17-8-7-16(25-17)12-3-5-13(20)6-4-12/h3-8,10-11,14H,9H2,1-2H3,(H,22,24)/t14-/m1/s1. The summed E-state index contributed by atoms with van der Waals surface area (Å²) in [7, 11) is 0. The second-order valence-electron chi connectivity index (χ2n) is 6.50. The van der Waals surface area contributed by atoms with Crippen molar-refractivity contribution in [3.05, 3.63) is 58.4 Å². The molecule has 0 bridgehead atoms. The maximum Gasteiger partial charge on any atom is 0.226 e. The Balaban J connectivity index is 1.71. The lowest BCUT2D eigenvalue weighted by Gasteiger charge is -2.23. The number of benzene rings is 1. The van der Waals surface area contributed by atoms with Crippen molar-refractivity contribution in [1.82, 2.24) is 9.78 Å². The van der Waals surface area contributed by atoms with Crippen molar-refractivity contribution in [2.24, 2.45) is 0 Å². The molecule has 25 heavy (non-hydrogen) atoms. The first-order chi connectivity index (χ1) is 12.0. The van der Waals surface area contributed by atoms with Crippen molar-refractivity contribution in [2.45, 2.75) is 32.2 Å². The molecule has 1 amide bonds. The minimum absolute atomic E-state index is 0.0125. The zero-order valence-corrected chi connectivity index (χ0v) is 15.6. The van der Waals surface area contributed by atoms with Crippen LogP contribution in [0.3, 0.4) is 0 Å². The van der Waals surface area contributed by atoms with E-state index in [0.717, 1.165) is 32.9 Å². The molecule has 0 saturated carbocycles. The van der Waals surface area contributed by atoms with Crippen LogP contribution in [0.4, 0.5) is 5.82 Å². The Kier molecular flexibility index (Phi) is 4.00. The fraction of sp³-hybridized carbons (Fsp3) is 0.263. The van der Waals surface area contributed by atoms with Crippen LogP contribution in [0.5, 0.6) is 0 Å². The second kappa shape index (κ2) is 6.19. The zero-order valence-electron chi connectivity index (χ0n) is 14.0. The van der Waals surface area contributed by atoms with Crippen molar-refractivity contribution in [2.75, 3.05) is 5.32 Å². The minimum atomic E-state index is -0.111. The summed E-state index contributed by atoms with van der Waals surface area (Å²) in [6.07, 6.45) is 2.20. The van der Waals surface area contributed by atoms with E-state index in [1.165, 1.54) is 0 Å². The Hall–Kier alpha value is -2.34. The van der Waals surface area contributed by atoms with Crippen LogP contribution in [0.1, 0.15) is 43.6 Å². The SMILES string of the molecule is CC(C)n1ncc2c1NC(=O)C[C@H]2c1ccc(-c2ccc(Br)cc2)o1. The monoisotopic (exact) mass is 399 g/mol. The lowest BCUT2D eigenvalue weighted by atomic mass is 9.92. The molecular weight excluding hydrogens is 382 g/mol. The largest absolute Gasteiger partial charge is 0.460 e. The van der Waals surface area contributed by atoms with Gasteiger partial charge in [-0.1, -0.05) is 28.1 Å². The highest BCUT2D eigenvalue weighted by Crippen LogP contribution is 2.39. The van der Waals surface area contributed by atoms with Crippen molar-refractivity contribution < 1.29 is 9.21 Å². The third-order valence-corrected chi connectivity index (χ3v) is 4.96. The number of nitrogens with one attached hydrogen (secondary N) is 1. The summed E-state index contributed by atoms with van der Waals surface area (Å²) in [5.41, 5.74) is 2.01. The summed E-state index contributed by atoms with van der Waals surface area (Å²) < 4.78 is 8.96. The molecule has 128 valence electrons. The molecule has 0 unspecified atom stereocenters. The summed E-state index contributed by atoms with van der Waals surface area (Å²) in [6.45, 7) is 4.09. The lowest BCUT2D eigenvalue weighted by molar-refractivity contribution is -0.116. The molecule has 0 spiro atoms. The Morgan fingerprint density at radius 3 is 2.72 bits per heavy atom. The summed E-state index contributed by atoms with van der Waals surface area (Å²) in [5, 5.41) is 7.39. The second-order valence-corrected chi connectivity index (χ2v) is 7.42. The van der Waals surface area contributed by atoms with E-state index in [-0.39, 0.29) is 17.9 Å². The predicted molar refractivity (Wildman–Crippen MR) is 99.5 cm³/mol. The molecule has 0 aliphatic carbocycles. The average molecular weight is 400 g/mol. The van der Waals surface area contributed by atoms with Crippen LogP contribution in [0, 0.1) is 0 Å². The molecule has 1 aliphatic rings. The minimum Gasteiger partial charge on any atom is -0.460 e. The highest BCUT2D eigenvalue weighted by Gasteiger charge is 2.32. The number of anilines is 1. The average Bonchev–Trinajstić information content (AvgIpc) is 3.21. The van der Waals surface area contributed by atoms with Gasteiger partial charge >= 0.3 is 0 Å². The molecule has 3 aromatic rings. The van der Waals surface area contributed by atoms with E-state index in [0.29, 0.717) is 6.42 Å². The fourth-order valence-electron chi connectivity index (χ4n) is 3.19. The molecular formula is C19H18BrN3O2. The first-order valence-electron chi connectivity index (χ1n) is 8.26. The summed E-state index contributed by atoms with van der Waals surface area (Å²) in [5.74, 6) is 2.24. The van der Waals surface area contributed by atoms with Crippen LogP contribution in [-0.2, 0) is 4.79 Å². The molecule has 1 N–H and O–H groups in total. The number of hydrogen-bond acceptors (Lipinski definition) is 3. The maximum absolute atomic E-state index is 12.2. The van der Waals surface area contributed by atoms with Crippen LogP contribution in [0.2, 0.25) is 0 Å². The van der Waals surface area contributed by atoms with E-state index in [4.69, 9.17) is 4.42 Å². The van der Waals surface area contributed by atoms with Crippen molar-refractivity contribution in [1.29, 1.82) is 0 Å². The molecule has 4 rings (SSSR count). The van der Waals surface area contributed by atoms with Gasteiger partial charge in [0.05, 0.1) is 12.1 Å². The number of nitrogens with zero attached hydrogens (tertiary/aromatic N) is 2. The van der Waals surface area contributed by atoms with Crippen molar-refractivity contribution >= 4 is 27.7 Å². The van der Waals surface area contributed by atoms with Crippen LogP contribution in [0.25, 0.3) is 11.3 Å². The molecule has 1 aliphatic heterocycles. The van der Waals surface area contributed by atoms with Gasteiger partial charge in [0.15, 0.2) is 0 Å². The Morgan fingerprint density at radius 1 is 1.24 bits per heavy atom. The van der Waals surface area contributed by atoms with Crippen LogP contribution >= 0.6 is 15.9 Å². The molecule has 0 saturated heterocycles. The van der Waals surface area contributed by atoms with Crippen LogP contribution in [-0.4, -0.2) is 15.7 Å². The topological polar surface area (TPSA) is 60.1 Å². The van der Waals surface area contributed by atoms with E-state index in [2.05, 4.69) is 26.3 Å².